The van der Waals surface area contributed by atoms with Crippen LogP contribution in [0.15, 0.2) is 36.7 Å². The second kappa shape index (κ2) is 5.42. The van der Waals surface area contributed by atoms with Crippen LogP contribution in [0.3, 0.4) is 0 Å². The van der Waals surface area contributed by atoms with E-state index >= 15 is 0 Å². The van der Waals surface area contributed by atoms with Crippen LogP contribution in [0.5, 0.6) is 17.4 Å². The molecule has 18 heavy (non-hydrogen) atoms. The minimum absolute atomic E-state index is 0.204. The van der Waals surface area contributed by atoms with Gasteiger partial charge in [0, 0.05) is 6.07 Å². The third kappa shape index (κ3) is 2.92. The Balaban J connectivity index is 2.15. The number of thiocarbonyl (C=S) groups is 1. The predicted octanol–water partition coefficient (Wildman–Crippen LogP) is 1.91. The number of hydrogen-bond acceptors (Lipinski definition) is 5. The van der Waals surface area contributed by atoms with Crippen LogP contribution in [0.2, 0.25) is 0 Å². The van der Waals surface area contributed by atoms with Crippen LogP contribution in [0.25, 0.3) is 0 Å². The van der Waals surface area contributed by atoms with Gasteiger partial charge in [-0.3, -0.25) is 0 Å². The molecule has 0 atom stereocenters. The lowest BCUT2D eigenvalue weighted by molar-refractivity contribution is 0.407. The Hall–Kier alpha value is -2.21. The molecule has 92 valence electrons. The molecule has 2 aromatic rings. The molecule has 0 fully saturated rings. The summed E-state index contributed by atoms with van der Waals surface area (Å²) in [5.41, 5.74) is 5.89. The van der Waals surface area contributed by atoms with E-state index in [0.717, 1.165) is 0 Å². The van der Waals surface area contributed by atoms with Crippen molar-refractivity contribution >= 4 is 17.2 Å². The first-order valence-corrected chi connectivity index (χ1v) is 5.53. The number of nitrogens with zero attached hydrogens (tertiary/aromatic N) is 2. The minimum Gasteiger partial charge on any atom is -0.497 e. The number of ether oxygens (including phenoxy) is 2. The van der Waals surface area contributed by atoms with Crippen molar-refractivity contribution in [1.82, 2.24) is 9.97 Å². The van der Waals surface area contributed by atoms with Gasteiger partial charge in [-0.05, 0) is 12.1 Å². The normalized spacial score (nSPS) is 9.83. The van der Waals surface area contributed by atoms with E-state index in [-0.39, 0.29) is 4.99 Å². The molecule has 0 saturated heterocycles. The van der Waals surface area contributed by atoms with Crippen molar-refractivity contribution in [2.75, 3.05) is 7.11 Å². The summed E-state index contributed by atoms with van der Waals surface area (Å²) in [5.74, 6) is 1.69. The van der Waals surface area contributed by atoms with Crippen molar-refractivity contribution in [3.8, 4) is 17.4 Å². The van der Waals surface area contributed by atoms with E-state index in [1.165, 1.54) is 12.4 Å². The smallest absolute Gasteiger partial charge is 0.237 e. The molecule has 1 aromatic carbocycles. The monoisotopic (exact) mass is 261 g/mol. The van der Waals surface area contributed by atoms with Crippen LogP contribution in [0, 0.1) is 0 Å². The number of hydrogen-bond donors (Lipinski definition) is 1. The average Bonchev–Trinajstić information content (AvgIpc) is 2.39. The Labute approximate surface area is 110 Å². The minimum atomic E-state index is 0.204. The van der Waals surface area contributed by atoms with Gasteiger partial charge >= 0.3 is 0 Å². The van der Waals surface area contributed by atoms with E-state index in [2.05, 4.69) is 9.97 Å². The lowest BCUT2D eigenvalue weighted by Crippen LogP contribution is -2.11. The van der Waals surface area contributed by atoms with Gasteiger partial charge in [0.1, 0.15) is 22.2 Å². The van der Waals surface area contributed by atoms with E-state index in [9.17, 15) is 0 Å². The SMILES string of the molecule is COc1cccc(Oc2cnc(C(N)=S)cn2)c1. The zero-order valence-corrected chi connectivity index (χ0v) is 10.5. The standard InChI is InChI=1S/C12H11N3O2S/c1-16-8-3-2-4-9(5-8)17-11-7-14-10(6-15-11)12(13)18/h2-7H,1H3,(H2,13,18). The molecule has 5 nitrogen and oxygen atoms in total. The molecule has 0 amide bonds. The molecule has 0 saturated carbocycles. The van der Waals surface area contributed by atoms with Crippen LogP contribution in [-0.4, -0.2) is 22.1 Å². The molecule has 0 aliphatic carbocycles. The highest BCUT2D eigenvalue weighted by atomic mass is 32.1. The molecule has 0 unspecified atom stereocenters. The summed E-state index contributed by atoms with van der Waals surface area (Å²) in [6.45, 7) is 0. The van der Waals surface area contributed by atoms with E-state index < -0.39 is 0 Å². The zero-order chi connectivity index (χ0) is 13.0. The Bertz CT molecular complexity index is 558. The Kier molecular flexibility index (Phi) is 3.69. The molecule has 0 bridgehead atoms. The number of rotatable bonds is 4. The third-order valence-corrected chi connectivity index (χ3v) is 2.35. The average molecular weight is 261 g/mol. The largest absolute Gasteiger partial charge is 0.497 e. The Morgan fingerprint density at radius 2 is 2.00 bits per heavy atom. The van der Waals surface area contributed by atoms with Gasteiger partial charge in [-0.2, -0.15) is 0 Å². The van der Waals surface area contributed by atoms with Gasteiger partial charge < -0.3 is 15.2 Å². The van der Waals surface area contributed by atoms with Gasteiger partial charge in [-0.15, -0.1) is 0 Å². The summed E-state index contributed by atoms with van der Waals surface area (Å²) in [7, 11) is 1.59. The fraction of sp³-hybridized carbons (Fsp3) is 0.0833. The van der Waals surface area contributed by atoms with E-state index in [0.29, 0.717) is 23.1 Å². The molecule has 0 radical (unpaired) electrons. The quantitative estimate of drug-likeness (QED) is 0.848. The highest BCUT2D eigenvalue weighted by Crippen LogP contribution is 2.23. The van der Waals surface area contributed by atoms with E-state index in [1.807, 2.05) is 12.1 Å². The highest BCUT2D eigenvalue weighted by molar-refractivity contribution is 7.80. The molecular formula is C12H11N3O2S. The maximum atomic E-state index is 5.52. The van der Waals surface area contributed by atoms with Crippen molar-refractivity contribution in [2.24, 2.45) is 5.73 Å². The predicted molar refractivity (Wildman–Crippen MR) is 71.0 cm³/mol. The van der Waals surface area contributed by atoms with Gasteiger partial charge in [0.05, 0.1) is 19.5 Å². The summed E-state index contributed by atoms with van der Waals surface area (Å²) in [4.78, 5) is 8.29. The number of benzene rings is 1. The number of aromatic nitrogens is 2. The summed E-state index contributed by atoms with van der Waals surface area (Å²) < 4.78 is 10.6. The Morgan fingerprint density at radius 3 is 2.61 bits per heavy atom. The van der Waals surface area contributed by atoms with Crippen LogP contribution in [-0.2, 0) is 0 Å². The second-order valence-corrected chi connectivity index (χ2v) is 3.82. The first-order valence-electron chi connectivity index (χ1n) is 5.13. The fourth-order valence-electron chi connectivity index (χ4n) is 1.28. The number of nitrogens with two attached hydrogens (primary N) is 1. The highest BCUT2D eigenvalue weighted by Gasteiger charge is 2.03. The number of methoxy groups -OCH3 is 1. The molecular weight excluding hydrogens is 250 g/mol. The summed E-state index contributed by atoms with van der Waals surface area (Å²) in [6, 6.07) is 7.20. The fourth-order valence-corrected chi connectivity index (χ4v) is 1.39. The van der Waals surface area contributed by atoms with Crippen LogP contribution in [0.4, 0.5) is 0 Å². The van der Waals surface area contributed by atoms with Crippen molar-refractivity contribution in [2.45, 2.75) is 0 Å². The molecule has 0 aliphatic heterocycles. The van der Waals surface area contributed by atoms with Crippen molar-refractivity contribution < 1.29 is 9.47 Å². The van der Waals surface area contributed by atoms with Crippen LogP contribution >= 0.6 is 12.2 Å². The van der Waals surface area contributed by atoms with Crippen LogP contribution < -0.4 is 15.2 Å². The van der Waals surface area contributed by atoms with Crippen molar-refractivity contribution in [1.29, 1.82) is 0 Å². The van der Waals surface area contributed by atoms with Crippen molar-refractivity contribution in [3.05, 3.63) is 42.4 Å². The molecule has 0 spiro atoms. The Morgan fingerprint density at radius 1 is 1.22 bits per heavy atom. The molecule has 6 heteroatoms. The molecule has 1 aromatic heterocycles. The second-order valence-electron chi connectivity index (χ2n) is 3.39. The lowest BCUT2D eigenvalue weighted by Gasteiger charge is -2.06. The molecule has 1 heterocycles. The van der Waals surface area contributed by atoms with Gasteiger partial charge in [0.2, 0.25) is 5.88 Å². The maximum absolute atomic E-state index is 5.52. The third-order valence-electron chi connectivity index (χ3n) is 2.14. The van der Waals surface area contributed by atoms with Gasteiger partial charge in [-0.25, -0.2) is 9.97 Å². The van der Waals surface area contributed by atoms with E-state index in [1.54, 1.807) is 19.2 Å². The summed E-state index contributed by atoms with van der Waals surface area (Å²) in [5, 5.41) is 0. The van der Waals surface area contributed by atoms with Gasteiger partial charge in [0.25, 0.3) is 0 Å². The van der Waals surface area contributed by atoms with Gasteiger partial charge in [-0.1, -0.05) is 18.3 Å². The summed E-state index contributed by atoms with van der Waals surface area (Å²) in [6.07, 6.45) is 2.94. The van der Waals surface area contributed by atoms with Crippen LogP contribution in [0.1, 0.15) is 5.69 Å². The maximum Gasteiger partial charge on any atom is 0.237 e. The van der Waals surface area contributed by atoms with Gasteiger partial charge in [0.15, 0.2) is 0 Å². The van der Waals surface area contributed by atoms with Crippen molar-refractivity contribution in [3.63, 3.8) is 0 Å². The van der Waals surface area contributed by atoms with E-state index in [4.69, 9.17) is 27.4 Å². The molecule has 2 N–H and O–H groups in total. The molecule has 0 aliphatic rings. The first-order chi connectivity index (χ1) is 8.69. The zero-order valence-electron chi connectivity index (χ0n) is 9.66. The lowest BCUT2D eigenvalue weighted by atomic mass is 10.3. The first kappa shape index (κ1) is 12.3. The topological polar surface area (TPSA) is 70.3 Å². The summed E-state index contributed by atoms with van der Waals surface area (Å²) >= 11 is 4.79. The molecule has 2 rings (SSSR count).